The first kappa shape index (κ1) is 18.1. The molecule has 8 heteroatoms. The number of fused-ring (bicyclic) bond motifs is 1. The molecule has 3 heterocycles. The average Bonchev–Trinajstić information content (AvgIpc) is 3.29. The topological polar surface area (TPSA) is 84.7 Å². The summed E-state index contributed by atoms with van der Waals surface area (Å²) in [6.45, 7) is 8.40. The van der Waals surface area contributed by atoms with E-state index in [0.29, 0.717) is 11.7 Å². The van der Waals surface area contributed by atoms with Gasteiger partial charge in [0.25, 0.3) is 5.91 Å². The van der Waals surface area contributed by atoms with Gasteiger partial charge in [-0.3, -0.25) is 4.79 Å². The molecule has 2 N–H and O–H groups in total. The summed E-state index contributed by atoms with van der Waals surface area (Å²) in [6, 6.07) is 6.11. The first-order valence-corrected chi connectivity index (χ1v) is 10.1. The van der Waals surface area contributed by atoms with Gasteiger partial charge in [-0.1, -0.05) is 26.0 Å². The number of piperidine rings is 1. The number of hydrogen-bond donors (Lipinski definition) is 2. The van der Waals surface area contributed by atoms with E-state index in [1.165, 1.54) is 0 Å². The molecular formula is C19H24N6OS. The van der Waals surface area contributed by atoms with E-state index >= 15 is 0 Å². The fourth-order valence-electron chi connectivity index (χ4n) is 3.15. The van der Waals surface area contributed by atoms with Gasteiger partial charge in [-0.2, -0.15) is 0 Å². The van der Waals surface area contributed by atoms with E-state index in [9.17, 15) is 4.79 Å². The number of benzene rings is 1. The molecule has 7 nitrogen and oxygen atoms in total. The molecule has 142 valence electrons. The highest BCUT2D eigenvalue weighted by Gasteiger charge is 2.20. The quantitative estimate of drug-likeness (QED) is 0.723. The minimum atomic E-state index is -0.241. The molecule has 1 fully saturated rings. The molecule has 4 rings (SSSR count). The van der Waals surface area contributed by atoms with Crippen molar-refractivity contribution in [3.63, 3.8) is 0 Å². The molecule has 0 unspecified atom stereocenters. The Balaban J connectivity index is 1.50. The van der Waals surface area contributed by atoms with Gasteiger partial charge in [0.15, 0.2) is 5.69 Å². The summed E-state index contributed by atoms with van der Waals surface area (Å²) in [7, 11) is 0. The predicted molar refractivity (Wildman–Crippen MR) is 107 cm³/mol. The summed E-state index contributed by atoms with van der Waals surface area (Å²) < 4.78 is 2.88. The van der Waals surface area contributed by atoms with Crippen LogP contribution in [0.25, 0.3) is 10.2 Å². The van der Waals surface area contributed by atoms with Gasteiger partial charge in [-0.25, -0.2) is 9.67 Å². The summed E-state index contributed by atoms with van der Waals surface area (Å²) >= 11 is 1.66. The van der Waals surface area contributed by atoms with Crippen molar-refractivity contribution in [2.75, 3.05) is 18.4 Å². The minimum absolute atomic E-state index is 0.0141. The van der Waals surface area contributed by atoms with Crippen molar-refractivity contribution in [1.82, 2.24) is 25.3 Å². The lowest BCUT2D eigenvalue weighted by atomic mass is 9.98. The molecule has 0 aliphatic carbocycles. The van der Waals surface area contributed by atoms with Gasteiger partial charge in [0.2, 0.25) is 0 Å². The monoisotopic (exact) mass is 384 g/mol. The van der Waals surface area contributed by atoms with E-state index < -0.39 is 0 Å². The zero-order chi connectivity index (χ0) is 19.0. The smallest absolute Gasteiger partial charge is 0.277 e. The van der Waals surface area contributed by atoms with Crippen molar-refractivity contribution in [2.45, 2.75) is 45.1 Å². The number of nitrogens with zero attached hydrogens (tertiary/aromatic N) is 4. The van der Waals surface area contributed by atoms with E-state index in [2.05, 4.69) is 41.7 Å². The van der Waals surface area contributed by atoms with E-state index in [4.69, 9.17) is 4.98 Å². The van der Waals surface area contributed by atoms with Gasteiger partial charge >= 0.3 is 0 Å². The average molecular weight is 385 g/mol. The maximum absolute atomic E-state index is 12.6. The van der Waals surface area contributed by atoms with E-state index in [1.807, 2.05) is 22.9 Å². The lowest BCUT2D eigenvalue weighted by Crippen LogP contribution is -2.29. The van der Waals surface area contributed by atoms with Crippen LogP contribution < -0.4 is 10.6 Å². The number of rotatable bonds is 3. The predicted octanol–water partition coefficient (Wildman–Crippen LogP) is 3.36. The molecule has 0 spiro atoms. The molecule has 0 saturated carbocycles. The van der Waals surface area contributed by atoms with Crippen LogP contribution >= 0.6 is 11.3 Å². The Morgan fingerprint density at radius 1 is 1.30 bits per heavy atom. The fraction of sp³-hybridized carbons (Fsp3) is 0.474. The van der Waals surface area contributed by atoms with E-state index in [0.717, 1.165) is 46.8 Å². The zero-order valence-electron chi connectivity index (χ0n) is 15.8. The molecule has 1 amide bonds. The highest BCUT2D eigenvalue weighted by Crippen LogP contribution is 2.32. The third-order valence-corrected chi connectivity index (χ3v) is 6.16. The van der Waals surface area contributed by atoms with Gasteiger partial charge in [0, 0.05) is 11.1 Å². The fourth-order valence-corrected chi connectivity index (χ4v) is 4.21. The number of amides is 1. The highest BCUT2D eigenvalue weighted by molar-refractivity contribution is 7.18. The normalized spacial score (nSPS) is 16.0. The summed E-state index contributed by atoms with van der Waals surface area (Å²) in [4.78, 5) is 17.3. The second-order valence-electron chi connectivity index (χ2n) is 7.97. The summed E-state index contributed by atoms with van der Waals surface area (Å²) in [5.74, 6) is -0.241. The summed E-state index contributed by atoms with van der Waals surface area (Å²) in [6.07, 6.45) is 3.75. The van der Waals surface area contributed by atoms with E-state index in [-0.39, 0.29) is 11.3 Å². The van der Waals surface area contributed by atoms with Gasteiger partial charge in [0.05, 0.1) is 27.5 Å². The summed E-state index contributed by atoms with van der Waals surface area (Å²) in [5.41, 5.74) is 2.06. The number of carbonyl (C=O) groups excluding carboxylic acids is 1. The Kier molecular flexibility index (Phi) is 4.69. The number of nitrogens with one attached hydrogen (secondary N) is 2. The van der Waals surface area contributed by atoms with Gasteiger partial charge < -0.3 is 10.6 Å². The van der Waals surface area contributed by atoms with Crippen LogP contribution in [0.15, 0.2) is 24.4 Å². The Labute approximate surface area is 162 Å². The molecule has 0 atom stereocenters. The van der Waals surface area contributed by atoms with Crippen molar-refractivity contribution in [3.05, 3.63) is 35.1 Å². The number of thiazole rings is 1. The Morgan fingerprint density at radius 3 is 2.81 bits per heavy atom. The third kappa shape index (κ3) is 3.86. The zero-order valence-corrected chi connectivity index (χ0v) is 16.6. The van der Waals surface area contributed by atoms with Crippen LogP contribution in [0.5, 0.6) is 0 Å². The molecule has 27 heavy (non-hydrogen) atoms. The highest BCUT2D eigenvalue weighted by atomic mass is 32.1. The first-order chi connectivity index (χ1) is 12.9. The van der Waals surface area contributed by atoms with Gasteiger partial charge in [0.1, 0.15) is 0 Å². The van der Waals surface area contributed by atoms with Crippen molar-refractivity contribution >= 4 is 33.1 Å². The van der Waals surface area contributed by atoms with Crippen molar-refractivity contribution in [2.24, 2.45) is 0 Å². The number of hydrogen-bond acceptors (Lipinski definition) is 6. The molecule has 2 aromatic heterocycles. The molecule has 1 aliphatic heterocycles. The van der Waals surface area contributed by atoms with Crippen LogP contribution in [0.1, 0.15) is 55.2 Å². The van der Waals surface area contributed by atoms with Crippen LogP contribution in [0, 0.1) is 0 Å². The number of aromatic nitrogens is 4. The molecular weight excluding hydrogens is 360 g/mol. The Hall–Kier alpha value is -2.32. The van der Waals surface area contributed by atoms with E-state index in [1.54, 1.807) is 17.5 Å². The van der Waals surface area contributed by atoms with Crippen molar-refractivity contribution in [3.8, 4) is 0 Å². The number of anilines is 1. The van der Waals surface area contributed by atoms with Crippen LogP contribution in [-0.2, 0) is 5.41 Å². The van der Waals surface area contributed by atoms with Gasteiger partial charge in [-0.05, 0) is 44.1 Å². The van der Waals surface area contributed by atoms with Crippen molar-refractivity contribution < 1.29 is 4.79 Å². The second kappa shape index (κ2) is 7.01. The maximum atomic E-state index is 12.6. The summed E-state index contributed by atoms with van der Waals surface area (Å²) in [5, 5.41) is 15.6. The largest absolute Gasteiger partial charge is 0.320 e. The van der Waals surface area contributed by atoms with Crippen molar-refractivity contribution in [1.29, 1.82) is 0 Å². The third-order valence-electron chi connectivity index (χ3n) is 4.71. The molecule has 1 aromatic carbocycles. The molecule has 0 bridgehead atoms. The van der Waals surface area contributed by atoms with Crippen LogP contribution in [0.2, 0.25) is 0 Å². The SMILES string of the molecule is CC(C)(C)c1nc2ccc(NC(=O)c3cn(C4CCNCC4)nn3)cc2s1. The number of carbonyl (C=O) groups is 1. The minimum Gasteiger partial charge on any atom is -0.320 e. The van der Waals surface area contributed by atoms with Gasteiger partial charge in [-0.15, -0.1) is 16.4 Å². The van der Waals surface area contributed by atoms with Crippen LogP contribution in [0.3, 0.4) is 0 Å². The Morgan fingerprint density at radius 2 is 2.07 bits per heavy atom. The lowest BCUT2D eigenvalue weighted by molar-refractivity contribution is 0.102. The molecule has 1 aliphatic rings. The molecule has 0 radical (unpaired) electrons. The standard InChI is InChI=1S/C19H24N6OS/c1-19(2,3)18-22-14-5-4-12(10-16(14)27-18)21-17(26)15-11-25(24-23-15)13-6-8-20-9-7-13/h4-5,10-11,13,20H,6-9H2,1-3H3,(H,21,26). The maximum Gasteiger partial charge on any atom is 0.277 e. The lowest BCUT2D eigenvalue weighted by Gasteiger charge is -2.22. The molecule has 3 aromatic rings. The first-order valence-electron chi connectivity index (χ1n) is 9.25. The molecule has 1 saturated heterocycles. The van der Waals surface area contributed by atoms with Crippen LogP contribution in [0.4, 0.5) is 5.69 Å². The second-order valence-corrected chi connectivity index (χ2v) is 9.00. The Bertz CT molecular complexity index is 964. The van der Waals surface area contributed by atoms with Crippen LogP contribution in [-0.4, -0.2) is 39.0 Å².